The van der Waals surface area contributed by atoms with Crippen LogP contribution in [0.5, 0.6) is 5.75 Å². The highest BCUT2D eigenvalue weighted by molar-refractivity contribution is 9.10. The Kier molecular flexibility index (Phi) is 4.10. The molecule has 94 valence electrons. The van der Waals surface area contributed by atoms with Gasteiger partial charge in [-0.25, -0.2) is 0 Å². The van der Waals surface area contributed by atoms with Gasteiger partial charge in [-0.3, -0.25) is 0 Å². The van der Waals surface area contributed by atoms with Crippen molar-refractivity contribution in [3.63, 3.8) is 0 Å². The topological polar surface area (TPSA) is 47.3 Å². The number of benzene rings is 2. The molecule has 3 N–H and O–H groups in total. The maximum atomic E-state index is 5.83. The maximum absolute atomic E-state index is 5.83. The van der Waals surface area contributed by atoms with Crippen LogP contribution in [0.4, 0.5) is 17.1 Å². The average molecular weight is 307 g/mol. The fraction of sp³-hybridized carbons (Fsp3) is 0.143. The summed E-state index contributed by atoms with van der Waals surface area (Å²) in [7, 11) is 0. The third kappa shape index (κ3) is 3.17. The van der Waals surface area contributed by atoms with Crippen LogP contribution in [0.3, 0.4) is 0 Å². The lowest BCUT2D eigenvalue weighted by Crippen LogP contribution is -1.98. The molecular formula is C14H15BrN2O. The smallest absolute Gasteiger partial charge is 0.144 e. The first kappa shape index (κ1) is 12.8. The zero-order valence-electron chi connectivity index (χ0n) is 10.1. The Balaban J connectivity index is 2.18. The van der Waals surface area contributed by atoms with Gasteiger partial charge in [-0.05, 0) is 43.3 Å². The first-order valence-corrected chi connectivity index (χ1v) is 6.53. The second-order valence-electron chi connectivity index (χ2n) is 3.82. The van der Waals surface area contributed by atoms with Crippen LogP contribution < -0.4 is 15.8 Å². The molecule has 2 aromatic carbocycles. The molecule has 0 aliphatic carbocycles. The molecule has 2 aromatic rings. The zero-order chi connectivity index (χ0) is 13.0. The molecule has 0 bridgehead atoms. The van der Waals surface area contributed by atoms with Gasteiger partial charge in [0.25, 0.3) is 0 Å². The van der Waals surface area contributed by atoms with Gasteiger partial charge in [0, 0.05) is 21.9 Å². The molecule has 0 aliphatic rings. The van der Waals surface area contributed by atoms with E-state index < -0.39 is 0 Å². The van der Waals surface area contributed by atoms with E-state index in [1.807, 2.05) is 49.4 Å². The third-order valence-corrected chi connectivity index (χ3v) is 2.97. The van der Waals surface area contributed by atoms with Crippen molar-refractivity contribution in [1.29, 1.82) is 0 Å². The van der Waals surface area contributed by atoms with Crippen LogP contribution >= 0.6 is 15.9 Å². The number of rotatable bonds is 4. The lowest BCUT2D eigenvalue weighted by atomic mass is 10.2. The van der Waals surface area contributed by atoms with Gasteiger partial charge in [0.1, 0.15) is 5.75 Å². The lowest BCUT2D eigenvalue weighted by molar-refractivity contribution is 0.342. The Morgan fingerprint density at radius 3 is 2.44 bits per heavy atom. The van der Waals surface area contributed by atoms with Crippen molar-refractivity contribution in [2.24, 2.45) is 0 Å². The van der Waals surface area contributed by atoms with Crippen molar-refractivity contribution >= 4 is 33.0 Å². The molecular weight excluding hydrogens is 292 g/mol. The summed E-state index contributed by atoms with van der Waals surface area (Å²) >= 11 is 3.41. The van der Waals surface area contributed by atoms with Crippen molar-refractivity contribution < 1.29 is 4.74 Å². The van der Waals surface area contributed by atoms with Gasteiger partial charge in [0.15, 0.2) is 0 Å². The highest BCUT2D eigenvalue weighted by atomic mass is 79.9. The number of hydrogen-bond donors (Lipinski definition) is 2. The first-order chi connectivity index (χ1) is 8.69. The second-order valence-corrected chi connectivity index (χ2v) is 4.73. The Hall–Kier alpha value is -1.68. The molecule has 0 spiro atoms. The summed E-state index contributed by atoms with van der Waals surface area (Å²) in [6.07, 6.45) is 0. The predicted molar refractivity (Wildman–Crippen MR) is 79.4 cm³/mol. The summed E-state index contributed by atoms with van der Waals surface area (Å²) in [6, 6.07) is 13.7. The normalized spacial score (nSPS) is 10.1. The molecule has 0 radical (unpaired) electrons. The molecule has 0 unspecified atom stereocenters. The van der Waals surface area contributed by atoms with E-state index in [0.717, 1.165) is 15.8 Å². The maximum Gasteiger partial charge on any atom is 0.144 e. The van der Waals surface area contributed by atoms with Gasteiger partial charge in [-0.1, -0.05) is 15.9 Å². The molecule has 4 heteroatoms. The summed E-state index contributed by atoms with van der Waals surface area (Å²) in [5.74, 6) is 0.708. The number of ether oxygens (including phenoxy) is 1. The molecule has 0 amide bonds. The largest absolute Gasteiger partial charge is 0.492 e. The van der Waals surface area contributed by atoms with Gasteiger partial charge >= 0.3 is 0 Å². The molecule has 18 heavy (non-hydrogen) atoms. The van der Waals surface area contributed by atoms with Crippen LogP contribution in [0, 0.1) is 0 Å². The van der Waals surface area contributed by atoms with Crippen LogP contribution in [-0.4, -0.2) is 6.61 Å². The van der Waals surface area contributed by atoms with E-state index in [2.05, 4.69) is 21.2 Å². The molecule has 0 heterocycles. The quantitative estimate of drug-likeness (QED) is 0.833. The molecule has 0 aliphatic heterocycles. The highest BCUT2D eigenvalue weighted by Crippen LogP contribution is 2.27. The van der Waals surface area contributed by atoms with Gasteiger partial charge in [-0.15, -0.1) is 0 Å². The van der Waals surface area contributed by atoms with E-state index in [1.54, 1.807) is 0 Å². The molecule has 0 saturated heterocycles. The van der Waals surface area contributed by atoms with Crippen LogP contribution in [0.1, 0.15) is 6.92 Å². The Morgan fingerprint density at radius 2 is 1.78 bits per heavy atom. The van der Waals surface area contributed by atoms with Crippen molar-refractivity contribution in [2.45, 2.75) is 6.92 Å². The number of anilines is 3. The van der Waals surface area contributed by atoms with Crippen LogP contribution in [0.15, 0.2) is 46.9 Å². The van der Waals surface area contributed by atoms with E-state index in [0.29, 0.717) is 18.0 Å². The van der Waals surface area contributed by atoms with Gasteiger partial charge in [0.05, 0.1) is 12.3 Å². The number of halogens is 1. The molecule has 3 nitrogen and oxygen atoms in total. The van der Waals surface area contributed by atoms with Gasteiger partial charge < -0.3 is 15.8 Å². The molecule has 2 rings (SSSR count). The van der Waals surface area contributed by atoms with E-state index in [-0.39, 0.29) is 0 Å². The van der Waals surface area contributed by atoms with Crippen molar-refractivity contribution in [3.05, 3.63) is 46.9 Å². The van der Waals surface area contributed by atoms with E-state index in [4.69, 9.17) is 10.5 Å². The fourth-order valence-electron chi connectivity index (χ4n) is 1.59. The predicted octanol–water partition coefficient (Wildman–Crippen LogP) is 4.17. The number of nitrogens with one attached hydrogen (secondary N) is 1. The molecule has 0 saturated carbocycles. The number of nitrogen functional groups attached to an aromatic ring is 1. The third-order valence-electron chi connectivity index (χ3n) is 2.45. The monoisotopic (exact) mass is 306 g/mol. The van der Waals surface area contributed by atoms with E-state index >= 15 is 0 Å². The first-order valence-electron chi connectivity index (χ1n) is 5.74. The summed E-state index contributed by atoms with van der Waals surface area (Å²) in [5.41, 5.74) is 8.45. The Bertz CT molecular complexity index is 526. The SMILES string of the molecule is CCOc1cc(Nc2ccc(Br)cc2)ccc1N. The minimum Gasteiger partial charge on any atom is -0.492 e. The second kappa shape index (κ2) is 5.78. The van der Waals surface area contributed by atoms with Crippen molar-refractivity contribution in [1.82, 2.24) is 0 Å². The lowest BCUT2D eigenvalue weighted by Gasteiger charge is -2.11. The summed E-state index contributed by atoms with van der Waals surface area (Å²) in [6.45, 7) is 2.54. The zero-order valence-corrected chi connectivity index (χ0v) is 11.7. The Labute approximate surface area is 115 Å². The molecule has 0 aromatic heterocycles. The molecule has 0 atom stereocenters. The average Bonchev–Trinajstić information content (AvgIpc) is 2.37. The Morgan fingerprint density at radius 1 is 1.11 bits per heavy atom. The highest BCUT2D eigenvalue weighted by Gasteiger charge is 2.02. The summed E-state index contributed by atoms with van der Waals surface area (Å²) in [4.78, 5) is 0. The molecule has 0 fully saturated rings. The van der Waals surface area contributed by atoms with E-state index in [1.165, 1.54) is 0 Å². The van der Waals surface area contributed by atoms with Crippen molar-refractivity contribution in [3.8, 4) is 5.75 Å². The summed E-state index contributed by atoms with van der Waals surface area (Å²) < 4.78 is 6.52. The number of hydrogen-bond acceptors (Lipinski definition) is 3. The van der Waals surface area contributed by atoms with Crippen LogP contribution in [0.25, 0.3) is 0 Å². The van der Waals surface area contributed by atoms with Crippen LogP contribution in [-0.2, 0) is 0 Å². The van der Waals surface area contributed by atoms with Gasteiger partial charge in [0.2, 0.25) is 0 Å². The number of nitrogens with two attached hydrogens (primary N) is 1. The summed E-state index contributed by atoms with van der Waals surface area (Å²) in [5, 5.41) is 3.30. The minimum atomic E-state index is 0.603. The van der Waals surface area contributed by atoms with Crippen molar-refractivity contribution in [2.75, 3.05) is 17.7 Å². The van der Waals surface area contributed by atoms with Crippen LogP contribution in [0.2, 0.25) is 0 Å². The van der Waals surface area contributed by atoms with Gasteiger partial charge in [-0.2, -0.15) is 0 Å². The van der Waals surface area contributed by atoms with E-state index in [9.17, 15) is 0 Å². The standard InChI is InChI=1S/C14H15BrN2O/c1-2-18-14-9-12(7-8-13(14)16)17-11-5-3-10(15)4-6-11/h3-9,17H,2,16H2,1H3. The fourth-order valence-corrected chi connectivity index (χ4v) is 1.86. The minimum absolute atomic E-state index is 0.603.